The maximum Gasteiger partial charge on any atom is 0.272 e. The predicted octanol–water partition coefficient (Wildman–Crippen LogP) is 2.70. The predicted molar refractivity (Wildman–Crippen MR) is 105 cm³/mol. The number of carbonyl (C=O) groups is 1. The third-order valence-electron chi connectivity index (χ3n) is 5.22. The average molecular weight is 402 g/mol. The van der Waals surface area contributed by atoms with Crippen LogP contribution in [0.15, 0.2) is 30.6 Å². The first-order valence-corrected chi connectivity index (χ1v) is 9.59. The summed E-state index contributed by atoms with van der Waals surface area (Å²) < 4.78 is 12.6. The van der Waals surface area contributed by atoms with E-state index in [-0.39, 0.29) is 29.7 Å². The number of benzene rings is 1. The molecule has 29 heavy (non-hydrogen) atoms. The second-order valence-corrected chi connectivity index (χ2v) is 7.25. The van der Waals surface area contributed by atoms with Crippen LogP contribution in [0.3, 0.4) is 0 Å². The van der Waals surface area contributed by atoms with Crippen LogP contribution in [-0.4, -0.2) is 40.9 Å². The zero-order chi connectivity index (χ0) is 21.0. The molecule has 2 aromatic rings. The fourth-order valence-electron chi connectivity index (χ4n) is 3.52. The van der Waals surface area contributed by atoms with Gasteiger partial charge in [-0.2, -0.15) is 5.10 Å². The van der Waals surface area contributed by atoms with Gasteiger partial charge < -0.3 is 14.8 Å². The van der Waals surface area contributed by atoms with Gasteiger partial charge in [0.1, 0.15) is 0 Å². The van der Waals surface area contributed by atoms with E-state index in [1.165, 1.54) is 6.07 Å². The molecule has 0 spiro atoms. The Labute approximate surface area is 169 Å². The molecule has 0 unspecified atom stereocenters. The molecule has 1 aliphatic heterocycles. The minimum atomic E-state index is -0.407. The van der Waals surface area contributed by atoms with E-state index in [0.717, 1.165) is 5.56 Å². The van der Waals surface area contributed by atoms with Crippen LogP contribution in [0.1, 0.15) is 42.2 Å². The smallest absolute Gasteiger partial charge is 0.272 e. The topological polar surface area (TPSA) is 109 Å². The van der Waals surface area contributed by atoms with Crippen molar-refractivity contribution < 1.29 is 19.2 Å². The quantitative estimate of drug-likeness (QED) is 0.537. The molecule has 1 aliphatic rings. The number of carbonyl (C=O) groups excluding carboxylic acids is 1. The SMILES string of the molecule is COCCn1cc([C@H]2OCC[C@@H]2C(=O)N[C@H](C)c2ccc(C)c([N+](=O)[O-])c2)cn1. The minimum Gasteiger partial charge on any atom is -0.383 e. The number of ether oxygens (including phenoxy) is 2. The van der Waals surface area contributed by atoms with Crippen LogP contribution < -0.4 is 5.32 Å². The van der Waals surface area contributed by atoms with E-state index in [2.05, 4.69) is 10.4 Å². The molecule has 1 aromatic carbocycles. The Bertz CT molecular complexity index is 882. The van der Waals surface area contributed by atoms with Crippen LogP contribution in [0.2, 0.25) is 0 Å². The fourth-order valence-corrected chi connectivity index (χ4v) is 3.52. The molecule has 3 atom stereocenters. The molecule has 3 rings (SSSR count). The number of nitro benzene ring substituents is 1. The zero-order valence-corrected chi connectivity index (χ0v) is 16.8. The van der Waals surface area contributed by atoms with Gasteiger partial charge in [-0.15, -0.1) is 0 Å². The average Bonchev–Trinajstić information content (AvgIpc) is 3.35. The van der Waals surface area contributed by atoms with Crippen molar-refractivity contribution in [2.45, 2.75) is 39.0 Å². The molecule has 1 saturated heterocycles. The summed E-state index contributed by atoms with van der Waals surface area (Å²) in [6, 6.07) is 4.66. The summed E-state index contributed by atoms with van der Waals surface area (Å²) in [7, 11) is 1.63. The highest BCUT2D eigenvalue weighted by Crippen LogP contribution is 2.35. The Morgan fingerprint density at radius 2 is 2.31 bits per heavy atom. The highest BCUT2D eigenvalue weighted by atomic mass is 16.6. The third-order valence-corrected chi connectivity index (χ3v) is 5.22. The minimum absolute atomic E-state index is 0.0501. The van der Waals surface area contributed by atoms with E-state index in [4.69, 9.17) is 9.47 Å². The molecule has 0 aliphatic carbocycles. The van der Waals surface area contributed by atoms with Crippen LogP contribution >= 0.6 is 0 Å². The number of methoxy groups -OCH3 is 1. The molecule has 9 nitrogen and oxygen atoms in total. The van der Waals surface area contributed by atoms with Gasteiger partial charge in [-0.25, -0.2) is 0 Å². The van der Waals surface area contributed by atoms with Crippen LogP contribution in [0, 0.1) is 23.0 Å². The summed E-state index contributed by atoms with van der Waals surface area (Å²) in [5, 5.41) is 18.5. The molecular formula is C20H26N4O5. The summed E-state index contributed by atoms with van der Waals surface area (Å²) in [5.41, 5.74) is 2.19. The lowest BCUT2D eigenvalue weighted by Gasteiger charge is -2.21. The highest BCUT2D eigenvalue weighted by molar-refractivity contribution is 5.80. The van der Waals surface area contributed by atoms with E-state index in [1.54, 1.807) is 37.0 Å². The Morgan fingerprint density at radius 1 is 1.52 bits per heavy atom. The first-order valence-electron chi connectivity index (χ1n) is 9.59. The van der Waals surface area contributed by atoms with Gasteiger partial charge in [0.2, 0.25) is 5.91 Å². The summed E-state index contributed by atoms with van der Waals surface area (Å²) >= 11 is 0. The van der Waals surface area contributed by atoms with E-state index >= 15 is 0 Å². The van der Waals surface area contributed by atoms with Gasteiger partial charge in [-0.05, 0) is 25.8 Å². The van der Waals surface area contributed by atoms with Crippen LogP contribution in [0.4, 0.5) is 5.69 Å². The molecule has 0 saturated carbocycles. The summed E-state index contributed by atoms with van der Waals surface area (Å²) in [6.07, 6.45) is 3.85. The van der Waals surface area contributed by atoms with E-state index < -0.39 is 4.92 Å². The Kier molecular flexibility index (Phi) is 6.60. The molecule has 1 fully saturated rings. The number of nitro groups is 1. The second kappa shape index (κ2) is 9.15. The lowest BCUT2D eigenvalue weighted by molar-refractivity contribution is -0.385. The van der Waals surface area contributed by atoms with Gasteiger partial charge in [0, 0.05) is 37.1 Å². The van der Waals surface area contributed by atoms with Crippen molar-refractivity contribution in [2.75, 3.05) is 20.3 Å². The second-order valence-electron chi connectivity index (χ2n) is 7.25. The van der Waals surface area contributed by atoms with Crippen molar-refractivity contribution >= 4 is 11.6 Å². The van der Waals surface area contributed by atoms with E-state index in [0.29, 0.717) is 37.3 Å². The highest BCUT2D eigenvalue weighted by Gasteiger charge is 2.36. The van der Waals surface area contributed by atoms with Gasteiger partial charge in [0.05, 0.1) is 42.3 Å². The van der Waals surface area contributed by atoms with E-state index in [9.17, 15) is 14.9 Å². The summed E-state index contributed by atoms with van der Waals surface area (Å²) in [5.74, 6) is -0.467. The normalized spacial score (nSPS) is 19.8. The van der Waals surface area contributed by atoms with Crippen LogP contribution in [0.25, 0.3) is 0 Å². The third kappa shape index (κ3) is 4.80. The van der Waals surface area contributed by atoms with Gasteiger partial charge in [-0.1, -0.05) is 12.1 Å². The van der Waals surface area contributed by atoms with Gasteiger partial charge in [-0.3, -0.25) is 19.6 Å². The number of amides is 1. The molecule has 1 N–H and O–H groups in total. The Hall–Kier alpha value is -2.78. The first-order chi connectivity index (χ1) is 13.9. The largest absolute Gasteiger partial charge is 0.383 e. The van der Waals surface area contributed by atoms with Crippen molar-refractivity contribution in [3.05, 3.63) is 57.4 Å². The first kappa shape index (κ1) is 20.9. The van der Waals surface area contributed by atoms with Crippen LogP contribution in [-0.2, 0) is 20.8 Å². The maximum absolute atomic E-state index is 12.9. The van der Waals surface area contributed by atoms with Crippen molar-refractivity contribution in [1.82, 2.24) is 15.1 Å². The number of aryl methyl sites for hydroxylation is 1. The number of nitrogens with one attached hydrogen (secondary N) is 1. The van der Waals surface area contributed by atoms with Gasteiger partial charge in [0.15, 0.2) is 0 Å². The lowest BCUT2D eigenvalue weighted by Crippen LogP contribution is -2.34. The van der Waals surface area contributed by atoms with Crippen molar-refractivity contribution in [2.24, 2.45) is 5.92 Å². The fraction of sp³-hybridized carbons (Fsp3) is 0.500. The van der Waals surface area contributed by atoms with Crippen molar-refractivity contribution in [1.29, 1.82) is 0 Å². The molecule has 1 amide bonds. The van der Waals surface area contributed by atoms with Crippen molar-refractivity contribution in [3.8, 4) is 0 Å². The van der Waals surface area contributed by atoms with Crippen LogP contribution in [0.5, 0.6) is 0 Å². The number of hydrogen-bond donors (Lipinski definition) is 1. The maximum atomic E-state index is 12.9. The standard InChI is InChI=1S/C20H26N4O5/c1-13-4-5-15(10-18(13)24(26)27)14(2)22-20(25)17-6-8-29-19(17)16-11-21-23(12-16)7-9-28-3/h4-5,10-12,14,17,19H,6-9H2,1-3H3,(H,22,25)/t14-,17+,19-/m1/s1. The molecule has 2 heterocycles. The van der Waals surface area contributed by atoms with Gasteiger partial charge in [0.25, 0.3) is 5.69 Å². The molecule has 9 heteroatoms. The monoisotopic (exact) mass is 402 g/mol. The Balaban J connectivity index is 1.68. The summed E-state index contributed by atoms with van der Waals surface area (Å²) in [6.45, 7) is 5.19. The summed E-state index contributed by atoms with van der Waals surface area (Å²) in [4.78, 5) is 23.7. The number of rotatable bonds is 8. The van der Waals surface area contributed by atoms with Gasteiger partial charge >= 0.3 is 0 Å². The molecule has 0 radical (unpaired) electrons. The number of nitrogens with zero attached hydrogens (tertiary/aromatic N) is 3. The molecule has 0 bridgehead atoms. The number of hydrogen-bond acceptors (Lipinski definition) is 6. The Morgan fingerprint density at radius 3 is 3.03 bits per heavy atom. The number of aromatic nitrogens is 2. The van der Waals surface area contributed by atoms with E-state index in [1.807, 2.05) is 13.1 Å². The van der Waals surface area contributed by atoms with Crippen molar-refractivity contribution in [3.63, 3.8) is 0 Å². The molecule has 1 aromatic heterocycles. The molecular weight excluding hydrogens is 376 g/mol. The zero-order valence-electron chi connectivity index (χ0n) is 16.8. The molecule has 156 valence electrons. The lowest BCUT2D eigenvalue weighted by atomic mass is 9.95.